The maximum atomic E-state index is 13.3. The number of rotatable bonds is 5. The van der Waals surface area contributed by atoms with Crippen LogP contribution < -0.4 is 4.90 Å². The monoisotopic (exact) mass is 428 g/mol. The molecule has 0 spiro atoms. The van der Waals surface area contributed by atoms with E-state index in [9.17, 15) is 13.2 Å². The number of nitrogens with one attached hydrogen (secondary N) is 1. The lowest BCUT2D eigenvalue weighted by molar-refractivity contribution is -0.917. The summed E-state index contributed by atoms with van der Waals surface area (Å²) in [6.07, 6.45) is 2.28. The topological polar surface area (TPSA) is 62.1 Å². The highest BCUT2D eigenvalue weighted by Crippen LogP contribution is 2.26. The van der Waals surface area contributed by atoms with Crippen LogP contribution in [-0.4, -0.2) is 62.3 Å². The molecule has 2 aliphatic rings. The molecule has 2 fully saturated rings. The number of sulfonamides is 1. The number of carbonyl (C=O) groups is 1. The van der Waals surface area contributed by atoms with E-state index in [1.54, 1.807) is 30.3 Å². The van der Waals surface area contributed by atoms with Crippen molar-refractivity contribution in [3.63, 3.8) is 0 Å². The van der Waals surface area contributed by atoms with Gasteiger partial charge in [-0.3, -0.25) is 4.79 Å². The van der Waals surface area contributed by atoms with Crippen molar-refractivity contribution in [2.45, 2.75) is 36.7 Å². The van der Waals surface area contributed by atoms with E-state index in [4.69, 9.17) is 0 Å². The van der Waals surface area contributed by atoms with Crippen LogP contribution in [0.4, 0.5) is 0 Å². The molecule has 0 aliphatic carbocycles. The molecule has 1 amide bonds. The average Bonchev–Trinajstić information content (AvgIpc) is 2.80. The Labute approximate surface area is 179 Å². The fourth-order valence-electron chi connectivity index (χ4n) is 4.48. The van der Waals surface area contributed by atoms with Crippen molar-refractivity contribution < 1.29 is 18.1 Å². The minimum absolute atomic E-state index is 0.0343. The van der Waals surface area contributed by atoms with E-state index in [-0.39, 0.29) is 10.8 Å². The number of carbonyl (C=O) groups excluding carboxylic acids is 1. The van der Waals surface area contributed by atoms with E-state index >= 15 is 0 Å². The minimum atomic E-state index is -3.67. The zero-order valence-electron chi connectivity index (χ0n) is 17.2. The molecule has 2 aliphatic heterocycles. The first-order valence-corrected chi connectivity index (χ1v) is 12.2. The van der Waals surface area contributed by atoms with Crippen LogP contribution in [0, 0.1) is 0 Å². The van der Waals surface area contributed by atoms with Crippen molar-refractivity contribution in [1.82, 2.24) is 9.21 Å². The Hall–Kier alpha value is -2.22. The van der Waals surface area contributed by atoms with Crippen molar-refractivity contribution in [2.24, 2.45) is 0 Å². The van der Waals surface area contributed by atoms with E-state index < -0.39 is 16.1 Å². The molecule has 30 heavy (non-hydrogen) atoms. The van der Waals surface area contributed by atoms with Gasteiger partial charge in [0.25, 0.3) is 0 Å². The zero-order chi connectivity index (χ0) is 21.0. The van der Waals surface area contributed by atoms with E-state index in [1.165, 1.54) is 14.8 Å². The predicted molar refractivity (Wildman–Crippen MR) is 115 cm³/mol. The van der Waals surface area contributed by atoms with Gasteiger partial charge in [-0.15, -0.1) is 0 Å². The normalized spacial score (nSPS) is 21.5. The second kappa shape index (κ2) is 9.29. The third-order valence-corrected chi connectivity index (χ3v) is 8.09. The highest BCUT2D eigenvalue weighted by Gasteiger charge is 2.40. The smallest absolute Gasteiger partial charge is 0.243 e. The number of nitrogens with zero attached hydrogens (tertiary/aromatic N) is 2. The van der Waals surface area contributed by atoms with E-state index in [1.807, 2.05) is 11.0 Å². The Morgan fingerprint density at radius 2 is 1.53 bits per heavy atom. The van der Waals surface area contributed by atoms with Crippen LogP contribution in [0.15, 0.2) is 65.6 Å². The summed E-state index contributed by atoms with van der Waals surface area (Å²) in [6.45, 7) is 4.50. The van der Waals surface area contributed by atoms with Crippen LogP contribution in [0.5, 0.6) is 0 Å². The van der Waals surface area contributed by atoms with Gasteiger partial charge in [-0.05, 0) is 25.0 Å². The fraction of sp³-hybridized carbons (Fsp3) is 0.435. The Bertz CT molecular complexity index is 942. The third kappa shape index (κ3) is 4.58. The van der Waals surface area contributed by atoms with Gasteiger partial charge in [0.1, 0.15) is 12.6 Å². The summed E-state index contributed by atoms with van der Waals surface area (Å²) >= 11 is 0. The van der Waals surface area contributed by atoms with Crippen molar-refractivity contribution in [2.75, 3.05) is 32.7 Å². The number of amides is 1. The molecule has 0 unspecified atom stereocenters. The van der Waals surface area contributed by atoms with Gasteiger partial charge in [-0.1, -0.05) is 55.0 Å². The van der Waals surface area contributed by atoms with Crippen LogP contribution in [0.2, 0.25) is 0 Å². The van der Waals surface area contributed by atoms with Crippen LogP contribution in [0.1, 0.15) is 24.8 Å². The lowest BCUT2D eigenvalue weighted by atomic mass is 10.0. The molecular formula is C23H30N3O3S+. The first-order chi connectivity index (χ1) is 14.6. The fourth-order valence-corrected chi connectivity index (χ4v) is 6.15. The number of piperidine rings is 1. The highest BCUT2D eigenvalue weighted by molar-refractivity contribution is 7.89. The number of quaternary nitrogens is 1. The summed E-state index contributed by atoms with van der Waals surface area (Å²) in [6, 6.07) is 18.3. The van der Waals surface area contributed by atoms with E-state index in [0.717, 1.165) is 32.5 Å². The number of hydrogen-bond donors (Lipinski definition) is 1. The number of piperazine rings is 1. The van der Waals surface area contributed by atoms with E-state index in [0.29, 0.717) is 26.1 Å². The standard InChI is InChI=1S/C23H29N3O3S/c27-23(25-17-15-24(16-18-25)19-20-9-3-1-4-10-20)22-13-7-8-14-26(22)30(28,29)21-11-5-2-6-12-21/h1-6,9-12,22H,7-8,13-19H2/p+1/t22-/m0/s1. The first kappa shape index (κ1) is 21.0. The molecule has 2 aromatic carbocycles. The lowest BCUT2D eigenvalue weighted by Gasteiger charge is -2.39. The van der Waals surface area contributed by atoms with Gasteiger partial charge in [0.15, 0.2) is 0 Å². The van der Waals surface area contributed by atoms with Crippen molar-refractivity contribution >= 4 is 15.9 Å². The van der Waals surface area contributed by atoms with Gasteiger partial charge in [0.2, 0.25) is 15.9 Å². The van der Waals surface area contributed by atoms with Crippen molar-refractivity contribution in [3.8, 4) is 0 Å². The Morgan fingerprint density at radius 3 is 2.20 bits per heavy atom. The highest BCUT2D eigenvalue weighted by atomic mass is 32.2. The van der Waals surface area contributed by atoms with Gasteiger partial charge in [-0.2, -0.15) is 4.31 Å². The lowest BCUT2D eigenvalue weighted by Crippen LogP contribution is -3.13. The van der Waals surface area contributed by atoms with Crippen molar-refractivity contribution in [1.29, 1.82) is 0 Å². The quantitative estimate of drug-likeness (QED) is 0.777. The zero-order valence-corrected chi connectivity index (χ0v) is 18.1. The SMILES string of the molecule is O=C([C@@H]1CCCCN1S(=O)(=O)c1ccccc1)N1CC[NH+](Cc2ccccc2)CC1. The number of hydrogen-bond acceptors (Lipinski definition) is 3. The van der Waals surface area contributed by atoms with Gasteiger partial charge < -0.3 is 9.80 Å². The molecular weight excluding hydrogens is 398 g/mol. The molecule has 6 nitrogen and oxygen atoms in total. The minimum Gasteiger partial charge on any atom is -0.330 e. The summed E-state index contributed by atoms with van der Waals surface area (Å²) in [7, 11) is -3.67. The van der Waals surface area contributed by atoms with Gasteiger partial charge in [0, 0.05) is 12.1 Å². The molecule has 0 bridgehead atoms. The molecule has 2 aromatic rings. The molecule has 0 aromatic heterocycles. The third-order valence-electron chi connectivity index (χ3n) is 6.17. The molecule has 160 valence electrons. The van der Waals surface area contributed by atoms with Crippen molar-refractivity contribution in [3.05, 3.63) is 66.2 Å². The first-order valence-electron chi connectivity index (χ1n) is 10.8. The summed E-state index contributed by atoms with van der Waals surface area (Å²) in [5, 5.41) is 0. The number of benzene rings is 2. The molecule has 2 heterocycles. The molecule has 4 rings (SSSR count). The maximum Gasteiger partial charge on any atom is 0.243 e. The second-order valence-corrected chi connectivity index (χ2v) is 10.1. The summed E-state index contributed by atoms with van der Waals surface area (Å²) < 4.78 is 27.8. The molecule has 7 heteroatoms. The maximum absolute atomic E-state index is 13.3. The Morgan fingerprint density at radius 1 is 0.900 bits per heavy atom. The molecule has 0 radical (unpaired) electrons. The Kier molecular flexibility index (Phi) is 6.51. The molecule has 1 N–H and O–H groups in total. The van der Waals surface area contributed by atoms with Crippen LogP contribution in [0.3, 0.4) is 0 Å². The second-order valence-electron chi connectivity index (χ2n) is 8.18. The molecule has 0 saturated carbocycles. The Balaban J connectivity index is 1.42. The summed E-state index contributed by atoms with van der Waals surface area (Å²) in [5.74, 6) is -0.0343. The molecule has 1 atom stereocenters. The molecule has 2 saturated heterocycles. The van der Waals surface area contributed by atoms with Gasteiger partial charge in [0.05, 0.1) is 31.1 Å². The summed E-state index contributed by atoms with van der Waals surface area (Å²) in [5.41, 5.74) is 1.31. The van der Waals surface area contributed by atoms with Gasteiger partial charge in [-0.25, -0.2) is 8.42 Å². The van der Waals surface area contributed by atoms with E-state index in [2.05, 4.69) is 24.3 Å². The van der Waals surface area contributed by atoms with Crippen LogP contribution >= 0.6 is 0 Å². The van der Waals surface area contributed by atoms with Crippen LogP contribution in [-0.2, 0) is 21.4 Å². The largest absolute Gasteiger partial charge is 0.330 e. The average molecular weight is 429 g/mol. The van der Waals surface area contributed by atoms with Gasteiger partial charge >= 0.3 is 0 Å². The van der Waals surface area contributed by atoms with Crippen LogP contribution in [0.25, 0.3) is 0 Å². The summed E-state index contributed by atoms with van der Waals surface area (Å²) in [4.78, 5) is 16.9. The predicted octanol–water partition coefficient (Wildman–Crippen LogP) is 1.16.